The SMILES string of the molecule is CCc1ccc(NC(=O)Oc2c(C)cc(C)cc2C)cc1. The summed E-state index contributed by atoms with van der Waals surface area (Å²) in [6, 6.07) is 11.8. The lowest BCUT2D eigenvalue weighted by molar-refractivity contribution is 0.214. The molecule has 0 saturated carbocycles. The molecule has 0 saturated heterocycles. The minimum atomic E-state index is -0.464. The Kier molecular flexibility index (Phi) is 4.63. The Bertz CT molecular complexity index is 622. The molecule has 3 heteroatoms. The average Bonchev–Trinajstić information content (AvgIpc) is 2.43. The molecular weight excluding hydrogens is 262 g/mol. The van der Waals surface area contributed by atoms with Gasteiger partial charge >= 0.3 is 6.09 Å². The van der Waals surface area contributed by atoms with Crippen LogP contribution in [0, 0.1) is 20.8 Å². The van der Waals surface area contributed by atoms with E-state index in [4.69, 9.17) is 4.74 Å². The van der Waals surface area contributed by atoms with E-state index >= 15 is 0 Å². The van der Waals surface area contributed by atoms with Crippen molar-refractivity contribution in [2.45, 2.75) is 34.1 Å². The molecule has 0 aromatic heterocycles. The number of carbonyl (C=O) groups excluding carboxylic acids is 1. The number of anilines is 1. The molecule has 1 N–H and O–H groups in total. The van der Waals surface area contributed by atoms with Crippen molar-refractivity contribution < 1.29 is 9.53 Å². The van der Waals surface area contributed by atoms with Crippen LogP contribution in [0.5, 0.6) is 5.75 Å². The molecule has 2 aromatic rings. The van der Waals surface area contributed by atoms with Crippen molar-refractivity contribution in [1.29, 1.82) is 0 Å². The molecule has 0 aliphatic heterocycles. The second-order valence-corrected chi connectivity index (χ2v) is 5.29. The van der Waals surface area contributed by atoms with Gasteiger partial charge in [-0.15, -0.1) is 0 Å². The van der Waals surface area contributed by atoms with Crippen LogP contribution in [0.3, 0.4) is 0 Å². The van der Waals surface area contributed by atoms with Crippen molar-refractivity contribution in [3.8, 4) is 5.75 Å². The highest BCUT2D eigenvalue weighted by Gasteiger charge is 2.10. The maximum atomic E-state index is 12.0. The molecule has 0 aliphatic rings. The van der Waals surface area contributed by atoms with Crippen molar-refractivity contribution in [2.75, 3.05) is 5.32 Å². The molecule has 0 radical (unpaired) electrons. The third-order valence-corrected chi connectivity index (χ3v) is 3.41. The highest BCUT2D eigenvalue weighted by atomic mass is 16.6. The van der Waals surface area contributed by atoms with E-state index in [9.17, 15) is 4.79 Å². The summed E-state index contributed by atoms with van der Waals surface area (Å²) in [5.74, 6) is 0.628. The second kappa shape index (κ2) is 6.44. The third kappa shape index (κ3) is 3.85. The van der Waals surface area contributed by atoms with Crippen LogP contribution in [0.4, 0.5) is 10.5 Å². The number of nitrogens with one attached hydrogen (secondary N) is 1. The summed E-state index contributed by atoms with van der Waals surface area (Å²) in [4.78, 5) is 12.0. The third-order valence-electron chi connectivity index (χ3n) is 3.41. The van der Waals surface area contributed by atoms with E-state index < -0.39 is 6.09 Å². The van der Waals surface area contributed by atoms with Gasteiger partial charge < -0.3 is 4.74 Å². The fraction of sp³-hybridized carbons (Fsp3) is 0.278. The zero-order chi connectivity index (χ0) is 15.4. The Labute approximate surface area is 126 Å². The van der Waals surface area contributed by atoms with Crippen molar-refractivity contribution in [3.05, 3.63) is 58.7 Å². The van der Waals surface area contributed by atoms with Crippen molar-refractivity contribution in [2.24, 2.45) is 0 Å². The van der Waals surface area contributed by atoms with E-state index in [1.54, 1.807) is 0 Å². The number of rotatable bonds is 3. The molecule has 0 unspecified atom stereocenters. The highest BCUT2D eigenvalue weighted by molar-refractivity contribution is 5.86. The summed E-state index contributed by atoms with van der Waals surface area (Å²) in [7, 11) is 0. The lowest BCUT2D eigenvalue weighted by Gasteiger charge is -2.12. The fourth-order valence-corrected chi connectivity index (χ4v) is 2.39. The standard InChI is InChI=1S/C18H21NO2/c1-5-15-6-8-16(9-7-15)19-18(20)21-17-13(3)10-12(2)11-14(17)4/h6-11H,5H2,1-4H3,(H,19,20). The first-order chi connectivity index (χ1) is 9.99. The number of hydrogen-bond donors (Lipinski definition) is 1. The van der Waals surface area contributed by atoms with E-state index in [1.807, 2.05) is 57.2 Å². The summed E-state index contributed by atoms with van der Waals surface area (Å²) in [5.41, 5.74) is 5.06. The lowest BCUT2D eigenvalue weighted by atomic mass is 10.1. The number of aryl methyl sites for hydroxylation is 4. The molecule has 0 aliphatic carbocycles. The van der Waals surface area contributed by atoms with E-state index in [0.29, 0.717) is 5.75 Å². The Morgan fingerprint density at radius 1 is 1.05 bits per heavy atom. The van der Waals surface area contributed by atoms with Gasteiger partial charge in [0.1, 0.15) is 5.75 Å². The molecule has 21 heavy (non-hydrogen) atoms. The van der Waals surface area contributed by atoms with Crippen LogP contribution in [0.25, 0.3) is 0 Å². The van der Waals surface area contributed by atoms with Gasteiger partial charge in [0.05, 0.1) is 0 Å². The van der Waals surface area contributed by atoms with Gasteiger partial charge in [0.25, 0.3) is 0 Å². The average molecular weight is 283 g/mol. The van der Waals surface area contributed by atoms with Gasteiger partial charge in [-0.05, 0) is 56.0 Å². The smallest absolute Gasteiger partial charge is 0.410 e. The largest absolute Gasteiger partial charge is 0.417 e. The minimum Gasteiger partial charge on any atom is -0.410 e. The first-order valence-electron chi connectivity index (χ1n) is 7.15. The molecule has 0 atom stereocenters. The Morgan fingerprint density at radius 2 is 1.62 bits per heavy atom. The van der Waals surface area contributed by atoms with Gasteiger partial charge in [-0.1, -0.05) is 36.8 Å². The van der Waals surface area contributed by atoms with Gasteiger partial charge in [0, 0.05) is 5.69 Å². The first kappa shape index (κ1) is 15.1. The normalized spacial score (nSPS) is 10.3. The molecule has 2 rings (SSSR count). The number of ether oxygens (including phenoxy) is 1. The zero-order valence-corrected chi connectivity index (χ0v) is 13.0. The highest BCUT2D eigenvalue weighted by Crippen LogP contribution is 2.25. The molecule has 110 valence electrons. The van der Waals surface area contributed by atoms with Crippen molar-refractivity contribution in [1.82, 2.24) is 0 Å². The first-order valence-corrected chi connectivity index (χ1v) is 7.15. The van der Waals surface area contributed by atoms with Crippen LogP contribution in [-0.4, -0.2) is 6.09 Å². The summed E-state index contributed by atoms with van der Waals surface area (Å²) in [6.45, 7) is 8.01. The molecule has 0 spiro atoms. The topological polar surface area (TPSA) is 38.3 Å². The number of hydrogen-bond acceptors (Lipinski definition) is 2. The van der Waals surface area contributed by atoms with E-state index in [-0.39, 0.29) is 0 Å². The molecular formula is C18H21NO2. The quantitative estimate of drug-likeness (QED) is 0.880. The maximum Gasteiger partial charge on any atom is 0.417 e. The lowest BCUT2D eigenvalue weighted by Crippen LogP contribution is -2.17. The van der Waals surface area contributed by atoms with Gasteiger partial charge in [-0.3, -0.25) is 5.32 Å². The van der Waals surface area contributed by atoms with E-state index in [0.717, 1.165) is 28.8 Å². The van der Waals surface area contributed by atoms with Crippen LogP contribution < -0.4 is 10.1 Å². The van der Waals surface area contributed by atoms with E-state index in [2.05, 4.69) is 12.2 Å². The summed E-state index contributed by atoms with van der Waals surface area (Å²) in [5, 5.41) is 2.75. The zero-order valence-electron chi connectivity index (χ0n) is 13.0. The molecule has 2 aromatic carbocycles. The van der Waals surface area contributed by atoms with Crippen LogP contribution in [0.15, 0.2) is 36.4 Å². The van der Waals surface area contributed by atoms with E-state index in [1.165, 1.54) is 5.56 Å². The molecule has 0 heterocycles. The van der Waals surface area contributed by atoms with Crippen LogP contribution in [-0.2, 0) is 6.42 Å². The Balaban J connectivity index is 2.08. The van der Waals surface area contributed by atoms with Gasteiger partial charge in [0.15, 0.2) is 0 Å². The van der Waals surface area contributed by atoms with Crippen LogP contribution in [0.1, 0.15) is 29.2 Å². The molecule has 3 nitrogen and oxygen atoms in total. The van der Waals surface area contributed by atoms with Gasteiger partial charge in [-0.25, -0.2) is 4.79 Å². The summed E-state index contributed by atoms with van der Waals surface area (Å²) < 4.78 is 5.44. The van der Waals surface area contributed by atoms with Crippen molar-refractivity contribution >= 4 is 11.8 Å². The summed E-state index contributed by atoms with van der Waals surface area (Å²) >= 11 is 0. The number of carbonyl (C=O) groups is 1. The maximum absolute atomic E-state index is 12.0. The van der Waals surface area contributed by atoms with Gasteiger partial charge in [0.2, 0.25) is 0 Å². The van der Waals surface area contributed by atoms with Crippen LogP contribution >= 0.6 is 0 Å². The Hall–Kier alpha value is -2.29. The molecule has 0 bridgehead atoms. The van der Waals surface area contributed by atoms with Crippen molar-refractivity contribution in [3.63, 3.8) is 0 Å². The van der Waals surface area contributed by atoms with Gasteiger partial charge in [-0.2, -0.15) is 0 Å². The minimum absolute atomic E-state index is 0.464. The number of amides is 1. The monoisotopic (exact) mass is 283 g/mol. The predicted molar refractivity (Wildman–Crippen MR) is 86.1 cm³/mol. The Morgan fingerprint density at radius 3 is 2.14 bits per heavy atom. The summed E-state index contributed by atoms with van der Waals surface area (Å²) in [6.07, 6.45) is 0.515. The molecule has 1 amide bonds. The number of benzene rings is 2. The molecule has 0 fully saturated rings. The fourth-order valence-electron chi connectivity index (χ4n) is 2.39. The predicted octanol–water partition coefficient (Wildman–Crippen LogP) is 4.79. The van der Waals surface area contributed by atoms with Crippen LogP contribution in [0.2, 0.25) is 0 Å². The second-order valence-electron chi connectivity index (χ2n) is 5.29.